The fourth-order valence-corrected chi connectivity index (χ4v) is 4.54. The van der Waals surface area contributed by atoms with Crippen LogP contribution >= 0.6 is 0 Å². The second-order valence-electron chi connectivity index (χ2n) is 8.85. The molecular formula is C28H31NO5. The van der Waals surface area contributed by atoms with E-state index in [1.165, 1.54) is 0 Å². The minimum absolute atomic E-state index is 0.0990. The number of ether oxygens (including phenoxy) is 2. The molecule has 0 spiro atoms. The quantitative estimate of drug-likeness (QED) is 0.413. The van der Waals surface area contributed by atoms with Gasteiger partial charge in [-0.3, -0.25) is 9.59 Å². The lowest BCUT2D eigenvalue weighted by molar-refractivity contribution is -0.138. The van der Waals surface area contributed by atoms with E-state index in [0.29, 0.717) is 36.6 Å². The van der Waals surface area contributed by atoms with Gasteiger partial charge < -0.3 is 19.5 Å². The minimum atomic E-state index is -0.847. The molecule has 1 unspecified atom stereocenters. The molecule has 3 aromatic rings. The average Bonchev–Trinajstić information content (AvgIpc) is 3.16. The van der Waals surface area contributed by atoms with Crippen LogP contribution in [0.3, 0.4) is 0 Å². The van der Waals surface area contributed by atoms with Crippen LogP contribution in [0.25, 0.3) is 10.8 Å². The van der Waals surface area contributed by atoms with Crippen molar-refractivity contribution in [2.75, 3.05) is 11.5 Å². The van der Waals surface area contributed by atoms with E-state index in [-0.39, 0.29) is 12.0 Å². The maximum absolute atomic E-state index is 13.7. The molecule has 0 aliphatic carbocycles. The Kier molecular flexibility index (Phi) is 6.77. The zero-order valence-corrected chi connectivity index (χ0v) is 20.1. The number of nitrogens with zero attached hydrogens (tertiary/aromatic N) is 1. The third-order valence-electron chi connectivity index (χ3n) is 6.11. The van der Waals surface area contributed by atoms with Crippen molar-refractivity contribution >= 4 is 28.3 Å². The number of carbonyl (C=O) groups excluding carboxylic acids is 1. The van der Waals surface area contributed by atoms with Crippen LogP contribution in [-0.4, -0.2) is 29.7 Å². The molecule has 6 nitrogen and oxygen atoms in total. The zero-order chi connectivity index (χ0) is 24.4. The van der Waals surface area contributed by atoms with Gasteiger partial charge in [0.2, 0.25) is 0 Å². The third-order valence-corrected chi connectivity index (χ3v) is 6.11. The molecule has 1 amide bonds. The van der Waals surface area contributed by atoms with E-state index in [2.05, 4.69) is 6.92 Å². The summed E-state index contributed by atoms with van der Waals surface area (Å²) in [6, 6.07) is 15.1. The number of hydrogen-bond acceptors (Lipinski definition) is 4. The van der Waals surface area contributed by atoms with Gasteiger partial charge in [-0.2, -0.15) is 0 Å². The molecule has 0 saturated heterocycles. The van der Waals surface area contributed by atoms with Gasteiger partial charge in [-0.15, -0.1) is 0 Å². The Morgan fingerprint density at radius 1 is 1.03 bits per heavy atom. The first-order chi connectivity index (χ1) is 16.4. The second-order valence-corrected chi connectivity index (χ2v) is 8.85. The maximum Gasteiger partial charge on any atom is 0.310 e. The standard InChI is InChI=1S/C28H31NO5/c1-5-15-33-25-21-9-7-8-10-22(21)26(34-17(3)4)24-23(25)16-29(27(24)30)19-13-11-18(12-14-19)20(6-2)28(31)32/h7-14,17,20H,5-6,15-16H2,1-4H3,(H,31,32). The Morgan fingerprint density at radius 3 is 2.24 bits per heavy atom. The number of rotatable bonds is 9. The Balaban J connectivity index is 1.82. The molecule has 0 fully saturated rings. The van der Waals surface area contributed by atoms with Crippen molar-refractivity contribution in [3.05, 3.63) is 65.2 Å². The fraction of sp³-hybridized carbons (Fsp3) is 0.357. The molecule has 1 heterocycles. The highest BCUT2D eigenvalue weighted by Gasteiger charge is 2.37. The molecule has 4 rings (SSSR count). The van der Waals surface area contributed by atoms with Crippen LogP contribution in [0.5, 0.6) is 11.5 Å². The summed E-state index contributed by atoms with van der Waals surface area (Å²) in [6.07, 6.45) is 1.26. The first-order valence-corrected chi connectivity index (χ1v) is 11.9. The van der Waals surface area contributed by atoms with Crippen LogP contribution in [-0.2, 0) is 11.3 Å². The molecule has 1 atom stereocenters. The molecule has 1 aliphatic heterocycles. The third kappa shape index (κ3) is 4.20. The first kappa shape index (κ1) is 23.6. The summed E-state index contributed by atoms with van der Waals surface area (Å²) < 4.78 is 12.4. The summed E-state index contributed by atoms with van der Waals surface area (Å²) >= 11 is 0. The van der Waals surface area contributed by atoms with Gasteiger partial charge in [-0.25, -0.2) is 0 Å². The predicted molar refractivity (Wildman–Crippen MR) is 133 cm³/mol. The lowest BCUT2D eigenvalue weighted by Gasteiger charge is -2.19. The van der Waals surface area contributed by atoms with Crippen LogP contribution in [0.1, 0.15) is 67.9 Å². The summed E-state index contributed by atoms with van der Waals surface area (Å²) in [7, 11) is 0. The van der Waals surface area contributed by atoms with Crippen molar-refractivity contribution in [1.29, 1.82) is 0 Å². The van der Waals surface area contributed by atoms with Crippen LogP contribution in [0, 0.1) is 0 Å². The highest BCUT2D eigenvalue weighted by Crippen LogP contribution is 2.46. The van der Waals surface area contributed by atoms with E-state index >= 15 is 0 Å². The number of anilines is 1. The first-order valence-electron chi connectivity index (χ1n) is 11.9. The number of benzene rings is 3. The molecule has 1 N–H and O–H groups in total. The van der Waals surface area contributed by atoms with Gasteiger partial charge >= 0.3 is 5.97 Å². The summed E-state index contributed by atoms with van der Waals surface area (Å²) in [6.45, 7) is 8.72. The molecule has 6 heteroatoms. The number of hydrogen-bond donors (Lipinski definition) is 1. The summed E-state index contributed by atoms with van der Waals surface area (Å²) in [5.41, 5.74) is 2.81. The Bertz CT molecular complexity index is 1220. The monoisotopic (exact) mass is 461 g/mol. The van der Waals surface area contributed by atoms with Gasteiger partial charge in [0.1, 0.15) is 11.5 Å². The number of fused-ring (bicyclic) bond motifs is 2. The van der Waals surface area contributed by atoms with Crippen LogP contribution in [0.2, 0.25) is 0 Å². The van der Waals surface area contributed by atoms with E-state index in [4.69, 9.17) is 9.47 Å². The molecule has 0 aromatic heterocycles. The van der Waals surface area contributed by atoms with E-state index in [1.54, 1.807) is 17.0 Å². The number of carboxylic acid groups (broad SMARTS) is 1. The molecule has 0 saturated carbocycles. The molecule has 3 aromatic carbocycles. The molecule has 0 bridgehead atoms. The summed E-state index contributed by atoms with van der Waals surface area (Å²) in [5.74, 6) is -0.236. The summed E-state index contributed by atoms with van der Waals surface area (Å²) in [5, 5.41) is 11.3. The SMILES string of the molecule is CCCOc1c2c(c(OC(C)C)c3ccccc13)C(=O)N(c1ccc(C(CC)C(=O)O)cc1)C2. The molecule has 34 heavy (non-hydrogen) atoms. The van der Waals surface area contributed by atoms with Crippen LogP contribution < -0.4 is 14.4 Å². The van der Waals surface area contributed by atoms with Gasteiger partial charge in [0, 0.05) is 22.0 Å². The smallest absolute Gasteiger partial charge is 0.310 e. The van der Waals surface area contributed by atoms with Gasteiger partial charge in [0.05, 0.1) is 30.7 Å². The van der Waals surface area contributed by atoms with Crippen LogP contribution in [0.15, 0.2) is 48.5 Å². The average molecular weight is 462 g/mol. The predicted octanol–water partition coefficient (Wildman–Crippen LogP) is 6.15. The van der Waals surface area contributed by atoms with E-state index in [0.717, 1.165) is 34.1 Å². The highest BCUT2D eigenvalue weighted by atomic mass is 16.5. The summed E-state index contributed by atoms with van der Waals surface area (Å²) in [4.78, 5) is 27.0. The molecule has 0 radical (unpaired) electrons. The van der Waals surface area contributed by atoms with Crippen molar-refractivity contribution in [3.8, 4) is 11.5 Å². The molecule has 178 valence electrons. The van der Waals surface area contributed by atoms with Crippen LogP contribution in [0.4, 0.5) is 5.69 Å². The minimum Gasteiger partial charge on any atom is -0.493 e. The zero-order valence-electron chi connectivity index (χ0n) is 20.1. The second kappa shape index (κ2) is 9.75. The van der Waals surface area contributed by atoms with Gasteiger partial charge in [0.15, 0.2) is 0 Å². The van der Waals surface area contributed by atoms with Crippen molar-refractivity contribution in [3.63, 3.8) is 0 Å². The number of aliphatic carboxylic acids is 1. The van der Waals surface area contributed by atoms with Crippen molar-refractivity contribution in [2.24, 2.45) is 0 Å². The number of carbonyl (C=O) groups is 2. The lowest BCUT2D eigenvalue weighted by atomic mass is 9.96. The molecular weight excluding hydrogens is 430 g/mol. The number of amides is 1. The van der Waals surface area contributed by atoms with Gasteiger partial charge in [-0.1, -0.05) is 50.2 Å². The van der Waals surface area contributed by atoms with Gasteiger partial charge in [0.25, 0.3) is 5.91 Å². The Hall–Kier alpha value is -3.54. The van der Waals surface area contributed by atoms with Crippen molar-refractivity contribution in [1.82, 2.24) is 0 Å². The largest absolute Gasteiger partial charge is 0.493 e. The van der Waals surface area contributed by atoms with E-state index in [1.807, 2.05) is 57.2 Å². The normalized spacial score (nSPS) is 13.9. The maximum atomic E-state index is 13.7. The van der Waals surface area contributed by atoms with E-state index < -0.39 is 11.9 Å². The number of carboxylic acids is 1. The fourth-order valence-electron chi connectivity index (χ4n) is 4.54. The highest BCUT2D eigenvalue weighted by molar-refractivity contribution is 6.16. The Labute approximate surface area is 200 Å². The van der Waals surface area contributed by atoms with Crippen molar-refractivity contribution < 1.29 is 24.2 Å². The lowest BCUT2D eigenvalue weighted by Crippen LogP contribution is -2.23. The van der Waals surface area contributed by atoms with Gasteiger partial charge in [-0.05, 0) is 44.4 Å². The van der Waals surface area contributed by atoms with E-state index in [9.17, 15) is 14.7 Å². The molecule has 1 aliphatic rings. The topological polar surface area (TPSA) is 76.1 Å². The Morgan fingerprint density at radius 2 is 1.68 bits per heavy atom. The van der Waals surface area contributed by atoms with Crippen molar-refractivity contribution in [2.45, 2.75) is 59.1 Å².